The molecule has 51 heavy (non-hydrogen) atoms. The zero-order chi connectivity index (χ0) is 35.8. The van der Waals surface area contributed by atoms with Crippen LogP contribution in [0.15, 0.2) is 119 Å². The number of hydrogen-bond acceptors (Lipinski definition) is 9. The third kappa shape index (κ3) is 7.73. The van der Waals surface area contributed by atoms with Crippen LogP contribution in [0.3, 0.4) is 0 Å². The second-order valence-corrected chi connectivity index (χ2v) is 17.7. The fourth-order valence-corrected chi connectivity index (χ4v) is 8.38. The van der Waals surface area contributed by atoms with Gasteiger partial charge in [0.2, 0.25) is 6.29 Å². The number of rotatable bonds is 15. The zero-order valence-electron chi connectivity index (χ0n) is 29.0. The number of aliphatic hydroxyl groups excluding tert-OH is 1. The number of hydrogen-bond donors (Lipinski definition) is 3. The van der Waals surface area contributed by atoms with E-state index in [1.54, 1.807) is 44.8 Å². The molecule has 6 rings (SSSR count). The van der Waals surface area contributed by atoms with E-state index < -0.39 is 26.0 Å². The van der Waals surface area contributed by atoms with Gasteiger partial charge >= 0.3 is 0 Å². The summed E-state index contributed by atoms with van der Waals surface area (Å²) in [4.78, 5) is 36.5. The zero-order valence-corrected chi connectivity index (χ0v) is 30.0. The number of amidine groups is 1. The lowest BCUT2D eigenvalue weighted by atomic mass is 9.80. The predicted molar refractivity (Wildman–Crippen MR) is 199 cm³/mol. The van der Waals surface area contributed by atoms with E-state index in [2.05, 4.69) is 39.3 Å². The number of nitrogens with one attached hydrogen (secondary N) is 2. The van der Waals surface area contributed by atoms with Crippen molar-refractivity contribution in [1.29, 1.82) is 0 Å². The molecule has 0 bridgehead atoms. The Balaban J connectivity index is 1.20. The van der Waals surface area contributed by atoms with E-state index >= 15 is 0 Å². The van der Waals surface area contributed by atoms with Crippen molar-refractivity contribution in [2.75, 3.05) is 33.2 Å². The molecule has 0 spiro atoms. The van der Waals surface area contributed by atoms with Crippen LogP contribution >= 0.6 is 0 Å². The van der Waals surface area contributed by atoms with Crippen LogP contribution < -0.4 is 20.1 Å². The van der Waals surface area contributed by atoms with Crippen molar-refractivity contribution in [2.45, 2.75) is 36.9 Å². The van der Waals surface area contributed by atoms with E-state index in [1.807, 2.05) is 77.7 Å². The molecule has 2 aliphatic heterocycles. The fraction of sp³-hybridized carbons (Fsp3) is 0.282. The van der Waals surface area contributed by atoms with Gasteiger partial charge in [-0.15, -0.1) is 0 Å². The monoisotopic (exact) mass is 705 g/mol. The fourth-order valence-electron chi connectivity index (χ4n) is 6.41. The smallest absolute Gasteiger partial charge is 0.255 e. The highest BCUT2D eigenvalue weighted by Gasteiger charge is 2.42. The van der Waals surface area contributed by atoms with Crippen LogP contribution in [0.4, 0.5) is 0 Å². The number of amides is 2. The summed E-state index contributed by atoms with van der Waals surface area (Å²) in [7, 11) is 0.853. The lowest BCUT2D eigenvalue weighted by Gasteiger charge is -2.39. The average molecular weight is 706 g/mol. The molecular formula is C39H43N5O6Si. The highest BCUT2D eigenvalue weighted by molar-refractivity contribution is 6.78. The SMILES string of the molecule is COc1ccc(C(OC[Si](C)(CO)CCCN2C=NC3C(=O)NC(NC(=O)c4ccccc4)N=C32)(c2ccccc2)c2ccc(OC)cc2)cc1. The summed E-state index contributed by atoms with van der Waals surface area (Å²) < 4.78 is 18.1. The number of aliphatic imine (C=N–C) groups is 2. The second-order valence-electron chi connectivity index (χ2n) is 13.0. The van der Waals surface area contributed by atoms with Crippen LogP contribution in [0, 0.1) is 0 Å². The quantitative estimate of drug-likeness (QED) is 0.123. The Morgan fingerprint density at radius 2 is 1.45 bits per heavy atom. The third-order valence-corrected chi connectivity index (χ3v) is 12.5. The van der Waals surface area contributed by atoms with Gasteiger partial charge in [0, 0.05) is 24.6 Å². The molecule has 3 atom stereocenters. The number of aliphatic hydroxyl groups is 1. The minimum atomic E-state index is -2.43. The van der Waals surface area contributed by atoms with Crippen LogP contribution in [-0.2, 0) is 15.1 Å². The van der Waals surface area contributed by atoms with Crippen molar-refractivity contribution >= 4 is 32.1 Å². The Bertz CT molecular complexity index is 1810. The summed E-state index contributed by atoms with van der Waals surface area (Å²) in [5.74, 6) is 1.30. The average Bonchev–Trinajstić information content (AvgIpc) is 3.59. The van der Waals surface area contributed by atoms with Gasteiger partial charge in [-0.1, -0.05) is 85.4 Å². The van der Waals surface area contributed by atoms with Crippen LogP contribution in [0.25, 0.3) is 0 Å². The highest BCUT2D eigenvalue weighted by atomic mass is 28.3. The molecular weight excluding hydrogens is 663 g/mol. The van der Waals surface area contributed by atoms with Crippen molar-refractivity contribution in [3.63, 3.8) is 0 Å². The number of carbonyl (C=O) groups excluding carboxylic acids is 2. The van der Waals surface area contributed by atoms with Gasteiger partial charge in [0.05, 0.1) is 20.6 Å². The Morgan fingerprint density at radius 3 is 2.02 bits per heavy atom. The maximum Gasteiger partial charge on any atom is 0.255 e. The molecule has 0 saturated carbocycles. The van der Waals surface area contributed by atoms with E-state index in [0.717, 1.165) is 34.2 Å². The molecule has 264 valence electrons. The topological polar surface area (TPSA) is 134 Å². The predicted octanol–water partition coefficient (Wildman–Crippen LogP) is 4.51. The summed E-state index contributed by atoms with van der Waals surface area (Å²) >= 11 is 0. The van der Waals surface area contributed by atoms with E-state index in [4.69, 9.17) is 14.2 Å². The van der Waals surface area contributed by atoms with Gasteiger partial charge < -0.3 is 34.9 Å². The first-order valence-corrected chi connectivity index (χ1v) is 20.0. The van der Waals surface area contributed by atoms with Crippen LogP contribution in [-0.4, -0.2) is 87.6 Å². The van der Waals surface area contributed by atoms with Crippen LogP contribution in [0.5, 0.6) is 11.5 Å². The highest BCUT2D eigenvalue weighted by Crippen LogP contribution is 2.42. The molecule has 0 fully saturated rings. The lowest BCUT2D eigenvalue weighted by Crippen LogP contribution is -2.56. The van der Waals surface area contributed by atoms with E-state index in [0.29, 0.717) is 30.6 Å². The standard InChI is InChI=1S/C39H43N5O6Si/c1-48-32-19-15-30(16-20-32)39(29-13-8-5-9-14-29,31-17-21-33(49-2)22-18-31)50-27-51(3,26-45)24-10-23-44-25-40-34-35(44)41-38(43-37(34)47)42-36(46)28-11-6-4-7-12-28/h4-9,11-22,25,34,38,45H,10,23-24,26-27H2,1-3H3,(H,42,46)(H,43,47). The van der Waals surface area contributed by atoms with Gasteiger partial charge in [-0.05, 0) is 59.5 Å². The molecule has 2 aliphatic rings. The molecule has 3 N–H and O–H groups in total. The van der Waals surface area contributed by atoms with Crippen LogP contribution in [0.1, 0.15) is 33.5 Å². The van der Waals surface area contributed by atoms with Gasteiger partial charge in [-0.2, -0.15) is 0 Å². The van der Waals surface area contributed by atoms with Gasteiger partial charge in [0.1, 0.15) is 31.0 Å². The summed E-state index contributed by atoms with van der Waals surface area (Å²) in [6.45, 7) is 2.68. The summed E-state index contributed by atoms with van der Waals surface area (Å²) in [5, 5.41) is 16.4. The third-order valence-electron chi connectivity index (χ3n) is 9.36. The molecule has 2 amide bonds. The minimum absolute atomic E-state index is 0.0246. The van der Waals surface area contributed by atoms with Crippen molar-refractivity contribution in [2.24, 2.45) is 9.98 Å². The number of benzene rings is 4. The molecule has 3 unspecified atom stereocenters. The second kappa shape index (κ2) is 15.7. The Morgan fingerprint density at radius 1 is 0.882 bits per heavy atom. The van der Waals surface area contributed by atoms with E-state index in [9.17, 15) is 14.7 Å². The van der Waals surface area contributed by atoms with Crippen LogP contribution in [0.2, 0.25) is 12.6 Å². The molecule has 0 saturated heterocycles. The first-order valence-electron chi connectivity index (χ1n) is 16.9. The van der Waals surface area contributed by atoms with Gasteiger partial charge in [-0.3, -0.25) is 14.6 Å². The molecule has 4 aromatic carbocycles. The Kier molecular flexibility index (Phi) is 10.9. The van der Waals surface area contributed by atoms with Crippen molar-refractivity contribution in [3.8, 4) is 11.5 Å². The van der Waals surface area contributed by atoms with Gasteiger partial charge in [0.15, 0.2) is 6.04 Å². The maximum absolute atomic E-state index is 12.9. The van der Waals surface area contributed by atoms with Crippen molar-refractivity contribution in [3.05, 3.63) is 131 Å². The van der Waals surface area contributed by atoms with E-state index in [-0.39, 0.29) is 18.0 Å². The van der Waals surface area contributed by atoms with Crippen molar-refractivity contribution < 1.29 is 28.9 Å². The van der Waals surface area contributed by atoms with Gasteiger partial charge in [0.25, 0.3) is 11.8 Å². The summed E-state index contributed by atoms with van der Waals surface area (Å²) in [5.41, 5.74) is 2.30. The number of nitrogens with zero attached hydrogens (tertiary/aromatic N) is 3. The first-order chi connectivity index (χ1) is 24.8. The minimum Gasteiger partial charge on any atom is -0.497 e. The Hall–Kier alpha value is -5.30. The first kappa shape index (κ1) is 35.5. The molecule has 4 aromatic rings. The maximum atomic E-state index is 12.9. The molecule has 12 heteroatoms. The molecule has 0 radical (unpaired) electrons. The summed E-state index contributed by atoms with van der Waals surface area (Å²) in [6, 6.07) is 34.7. The van der Waals surface area contributed by atoms with Crippen molar-refractivity contribution in [1.82, 2.24) is 15.5 Å². The molecule has 0 aliphatic carbocycles. The van der Waals surface area contributed by atoms with Gasteiger partial charge in [-0.25, -0.2) is 4.99 Å². The number of fused-ring (bicyclic) bond motifs is 1. The Labute approximate surface area is 299 Å². The molecule has 0 aromatic heterocycles. The number of methoxy groups -OCH3 is 2. The molecule has 11 nitrogen and oxygen atoms in total. The largest absolute Gasteiger partial charge is 0.497 e. The normalized spacial score (nSPS) is 17.9. The molecule has 2 heterocycles. The summed E-state index contributed by atoms with van der Waals surface area (Å²) in [6.07, 6.45) is 1.82. The lowest BCUT2D eigenvalue weighted by molar-refractivity contribution is -0.122. The number of ether oxygens (including phenoxy) is 3. The number of carbonyl (C=O) groups is 2. The van der Waals surface area contributed by atoms with E-state index in [1.165, 1.54) is 0 Å².